The number of amides is 1. The Bertz CT molecular complexity index is 700. The molecule has 0 saturated carbocycles. The number of rotatable bonds is 5. The number of hydrogen-bond donors (Lipinski definition) is 2. The Kier molecular flexibility index (Phi) is 5.17. The van der Waals surface area contributed by atoms with E-state index in [2.05, 4.69) is 5.32 Å². The normalized spacial score (nSPS) is 11.7. The Labute approximate surface area is 133 Å². The van der Waals surface area contributed by atoms with E-state index < -0.39 is 5.97 Å². The van der Waals surface area contributed by atoms with Crippen molar-refractivity contribution in [2.75, 3.05) is 5.32 Å². The fourth-order valence-electron chi connectivity index (χ4n) is 2.12. The van der Waals surface area contributed by atoms with Crippen molar-refractivity contribution in [2.45, 2.75) is 13.3 Å². The summed E-state index contributed by atoms with van der Waals surface area (Å²) in [5.41, 5.74) is 1.25. The molecule has 1 atom stereocenters. The Hall–Kier alpha value is -2.33. The third-order valence-electron chi connectivity index (χ3n) is 3.35. The molecule has 5 heteroatoms. The van der Waals surface area contributed by atoms with Gasteiger partial charge in [0.05, 0.1) is 11.3 Å². The van der Waals surface area contributed by atoms with Gasteiger partial charge in [-0.05, 0) is 30.2 Å². The molecule has 0 aliphatic rings. The fourth-order valence-corrected chi connectivity index (χ4v) is 2.33. The molecule has 0 fully saturated rings. The highest BCUT2D eigenvalue weighted by Crippen LogP contribution is 2.21. The maximum absolute atomic E-state index is 12.3. The second-order valence-electron chi connectivity index (χ2n) is 5.04. The predicted octanol–water partition coefficient (Wildman–Crippen LogP) is 3.86. The van der Waals surface area contributed by atoms with Gasteiger partial charge < -0.3 is 10.4 Å². The zero-order chi connectivity index (χ0) is 16.1. The lowest BCUT2D eigenvalue weighted by Gasteiger charge is -2.14. The van der Waals surface area contributed by atoms with Gasteiger partial charge in [-0.3, -0.25) is 4.79 Å². The van der Waals surface area contributed by atoms with Gasteiger partial charge in [-0.25, -0.2) is 4.79 Å². The average molecular weight is 318 g/mol. The zero-order valence-electron chi connectivity index (χ0n) is 12.0. The number of carboxylic acids is 1. The highest BCUT2D eigenvalue weighted by atomic mass is 35.5. The van der Waals surface area contributed by atoms with Crippen LogP contribution in [-0.2, 0) is 11.2 Å². The summed E-state index contributed by atoms with van der Waals surface area (Å²) in [5, 5.41) is 12.4. The maximum Gasteiger partial charge on any atom is 0.337 e. The molecule has 0 heterocycles. The van der Waals surface area contributed by atoms with Crippen LogP contribution < -0.4 is 5.32 Å². The zero-order valence-corrected chi connectivity index (χ0v) is 12.8. The van der Waals surface area contributed by atoms with Crippen LogP contribution >= 0.6 is 11.6 Å². The van der Waals surface area contributed by atoms with E-state index in [-0.39, 0.29) is 17.4 Å². The van der Waals surface area contributed by atoms with Gasteiger partial charge >= 0.3 is 5.97 Å². The van der Waals surface area contributed by atoms with Crippen LogP contribution in [0.1, 0.15) is 22.8 Å². The van der Waals surface area contributed by atoms with E-state index in [4.69, 9.17) is 16.7 Å². The summed E-state index contributed by atoms with van der Waals surface area (Å²) >= 11 is 6.09. The van der Waals surface area contributed by atoms with Crippen LogP contribution in [0.5, 0.6) is 0 Å². The van der Waals surface area contributed by atoms with Crippen molar-refractivity contribution in [3.8, 4) is 0 Å². The van der Waals surface area contributed by atoms with Crippen molar-refractivity contribution in [1.29, 1.82) is 0 Å². The maximum atomic E-state index is 12.3. The van der Waals surface area contributed by atoms with Crippen molar-refractivity contribution < 1.29 is 14.7 Å². The molecule has 22 heavy (non-hydrogen) atoms. The number of halogens is 1. The lowest BCUT2D eigenvalue weighted by atomic mass is 10.00. The molecule has 0 aliphatic heterocycles. The summed E-state index contributed by atoms with van der Waals surface area (Å²) in [7, 11) is 0. The van der Waals surface area contributed by atoms with Crippen molar-refractivity contribution in [2.24, 2.45) is 5.92 Å². The van der Waals surface area contributed by atoms with Crippen LogP contribution in [0.15, 0.2) is 48.5 Å². The van der Waals surface area contributed by atoms with Gasteiger partial charge in [0.1, 0.15) is 0 Å². The first-order valence-electron chi connectivity index (χ1n) is 6.85. The Morgan fingerprint density at radius 1 is 1.14 bits per heavy atom. The minimum Gasteiger partial charge on any atom is -0.478 e. The van der Waals surface area contributed by atoms with Crippen LogP contribution in [0, 0.1) is 5.92 Å². The minimum absolute atomic E-state index is 0.0702. The molecule has 0 radical (unpaired) electrons. The molecule has 0 bridgehead atoms. The molecule has 1 amide bonds. The molecule has 2 aromatic carbocycles. The second-order valence-corrected chi connectivity index (χ2v) is 5.44. The molecule has 2 N–H and O–H groups in total. The van der Waals surface area contributed by atoms with Crippen molar-refractivity contribution in [1.82, 2.24) is 0 Å². The monoisotopic (exact) mass is 317 g/mol. The quantitative estimate of drug-likeness (QED) is 0.880. The third kappa shape index (κ3) is 3.86. The first-order valence-corrected chi connectivity index (χ1v) is 7.23. The standard InChI is InChI=1S/C17H16ClNO3/c1-11(10-12-6-2-4-8-14(12)18)16(20)19-15-9-5-3-7-13(15)17(21)22/h2-9,11H,10H2,1H3,(H,19,20)(H,21,22). The van der Waals surface area contributed by atoms with Crippen LogP contribution in [0.3, 0.4) is 0 Å². The summed E-state index contributed by atoms with van der Waals surface area (Å²) in [4.78, 5) is 23.4. The van der Waals surface area contributed by atoms with Gasteiger partial charge in [0.2, 0.25) is 5.91 Å². The Morgan fingerprint density at radius 2 is 1.77 bits per heavy atom. The minimum atomic E-state index is -1.07. The highest BCUT2D eigenvalue weighted by molar-refractivity contribution is 6.31. The summed E-state index contributed by atoms with van der Waals surface area (Å²) in [6, 6.07) is 13.7. The van der Waals surface area contributed by atoms with Gasteiger partial charge in [0.25, 0.3) is 0 Å². The fraction of sp³-hybridized carbons (Fsp3) is 0.176. The Balaban J connectivity index is 2.09. The Morgan fingerprint density at radius 3 is 2.45 bits per heavy atom. The van der Waals surface area contributed by atoms with E-state index in [9.17, 15) is 9.59 Å². The lowest BCUT2D eigenvalue weighted by Crippen LogP contribution is -2.23. The molecule has 4 nitrogen and oxygen atoms in total. The van der Waals surface area contributed by atoms with E-state index in [0.29, 0.717) is 17.1 Å². The number of nitrogens with one attached hydrogen (secondary N) is 1. The van der Waals surface area contributed by atoms with Gasteiger partial charge in [-0.2, -0.15) is 0 Å². The SMILES string of the molecule is CC(Cc1ccccc1Cl)C(=O)Nc1ccccc1C(=O)O. The lowest BCUT2D eigenvalue weighted by molar-refractivity contribution is -0.119. The van der Waals surface area contributed by atoms with E-state index in [0.717, 1.165) is 5.56 Å². The first-order chi connectivity index (χ1) is 10.5. The molecule has 0 saturated heterocycles. The van der Waals surface area contributed by atoms with Gasteiger partial charge in [0, 0.05) is 10.9 Å². The van der Waals surface area contributed by atoms with Crippen molar-refractivity contribution in [3.63, 3.8) is 0 Å². The summed E-state index contributed by atoms with van der Waals surface area (Å²) < 4.78 is 0. The third-order valence-corrected chi connectivity index (χ3v) is 3.72. The first kappa shape index (κ1) is 16.0. The molecule has 0 spiro atoms. The molecular formula is C17H16ClNO3. The van der Waals surface area contributed by atoms with E-state index in [1.807, 2.05) is 18.2 Å². The predicted molar refractivity (Wildman–Crippen MR) is 86.4 cm³/mol. The molecule has 114 valence electrons. The molecule has 2 aromatic rings. The van der Waals surface area contributed by atoms with Crippen molar-refractivity contribution in [3.05, 3.63) is 64.7 Å². The van der Waals surface area contributed by atoms with E-state index in [1.54, 1.807) is 31.2 Å². The molecule has 0 aliphatic carbocycles. The molecular weight excluding hydrogens is 302 g/mol. The number of aromatic carboxylic acids is 1. The number of carbonyl (C=O) groups is 2. The number of hydrogen-bond acceptors (Lipinski definition) is 2. The largest absolute Gasteiger partial charge is 0.478 e. The van der Waals surface area contributed by atoms with Crippen molar-refractivity contribution >= 4 is 29.2 Å². The average Bonchev–Trinajstić information content (AvgIpc) is 2.49. The van der Waals surface area contributed by atoms with Crippen LogP contribution in [0.2, 0.25) is 5.02 Å². The van der Waals surface area contributed by atoms with E-state index >= 15 is 0 Å². The summed E-state index contributed by atoms with van der Waals surface area (Å²) in [5.74, 6) is -1.65. The van der Waals surface area contributed by atoms with Gasteiger partial charge in [-0.1, -0.05) is 48.9 Å². The second kappa shape index (κ2) is 7.09. The number of benzene rings is 2. The summed E-state index contributed by atoms with van der Waals surface area (Å²) in [6.07, 6.45) is 0.487. The molecule has 1 unspecified atom stereocenters. The molecule has 0 aromatic heterocycles. The van der Waals surface area contributed by atoms with Crippen LogP contribution in [0.25, 0.3) is 0 Å². The molecule has 2 rings (SSSR count). The van der Waals surface area contributed by atoms with E-state index in [1.165, 1.54) is 6.07 Å². The number of carbonyl (C=O) groups excluding carboxylic acids is 1. The van der Waals surface area contributed by atoms with Gasteiger partial charge in [-0.15, -0.1) is 0 Å². The van der Waals surface area contributed by atoms with Crippen LogP contribution in [0.4, 0.5) is 5.69 Å². The smallest absolute Gasteiger partial charge is 0.337 e. The van der Waals surface area contributed by atoms with Gasteiger partial charge in [0.15, 0.2) is 0 Å². The summed E-state index contributed by atoms with van der Waals surface area (Å²) in [6.45, 7) is 1.78. The number of anilines is 1. The van der Waals surface area contributed by atoms with Crippen LogP contribution in [-0.4, -0.2) is 17.0 Å². The topological polar surface area (TPSA) is 66.4 Å². The number of para-hydroxylation sites is 1. The highest BCUT2D eigenvalue weighted by Gasteiger charge is 2.17. The number of carboxylic acid groups (broad SMARTS) is 1.